The molecule has 4 N–H and O–H groups in total. The number of rotatable bonds is 9. The Bertz CT molecular complexity index is 1270. The molecule has 5 nitrogen and oxygen atoms in total. The van der Waals surface area contributed by atoms with Gasteiger partial charge in [0.1, 0.15) is 5.84 Å². The Balaban J connectivity index is 0.00000361. The summed E-state index contributed by atoms with van der Waals surface area (Å²) >= 11 is 0. The molecule has 1 amide bonds. The molecule has 4 aromatic carbocycles. The summed E-state index contributed by atoms with van der Waals surface area (Å²) in [5.41, 5.74) is 12.4. The molecule has 4 rings (SSSR count). The number of amides is 1. The number of nitrogens with two attached hydrogens (primary N) is 1. The maximum atomic E-state index is 12.8. The summed E-state index contributed by atoms with van der Waals surface area (Å²) in [7, 11) is 0. The number of carbonyl (C=O) groups is 1. The Labute approximate surface area is 218 Å². The fourth-order valence-corrected chi connectivity index (χ4v) is 4.07. The highest BCUT2D eigenvalue weighted by Crippen LogP contribution is 2.27. The Morgan fingerprint density at radius 1 is 0.806 bits per heavy atom. The van der Waals surface area contributed by atoms with Crippen LogP contribution in [0.15, 0.2) is 103 Å². The van der Waals surface area contributed by atoms with Crippen LogP contribution in [0.2, 0.25) is 0 Å². The minimum absolute atomic E-state index is 0. The minimum atomic E-state index is -0.118. The summed E-state index contributed by atoms with van der Waals surface area (Å²) in [6.45, 7) is 3.69. The molecule has 0 unspecified atom stereocenters. The lowest BCUT2D eigenvalue weighted by molar-refractivity contribution is 0.0951. The van der Waals surface area contributed by atoms with E-state index in [1.165, 1.54) is 11.1 Å². The van der Waals surface area contributed by atoms with Gasteiger partial charge in [-0.25, -0.2) is 0 Å². The number of nitrogens with zero attached hydrogens (tertiary/aromatic N) is 1. The number of nitrogen functional groups attached to an aromatic ring is 1. The van der Waals surface area contributed by atoms with Gasteiger partial charge in [-0.05, 0) is 41.8 Å². The summed E-state index contributed by atoms with van der Waals surface area (Å²) in [6, 6.07) is 33.9. The first kappa shape index (κ1) is 26.5. The predicted octanol–water partition coefficient (Wildman–Crippen LogP) is 5.84. The lowest BCUT2D eigenvalue weighted by Crippen LogP contribution is -2.27. The lowest BCUT2D eigenvalue weighted by atomic mass is 10.0. The predicted molar refractivity (Wildman–Crippen MR) is 150 cm³/mol. The van der Waals surface area contributed by atoms with Crippen LogP contribution in [0, 0.1) is 12.3 Å². The van der Waals surface area contributed by atoms with E-state index in [0.29, 0.717) is 30.8 Å². The highest BCUT2D eigenvalue weighted by Gasteiger charge is 2.16. The third-order valence-corrected chi connectivity index (χ3v) is 5.89. The Morgan fingerprint density at radius 2 is 1.42 bits per heavy atom. The van der Waals surface area contributed by atoms with Gasteiger partial charge in [0, 0.05) is 36.4 Å². The smallest absolute Gasteiger partial charge is 0.251 e. The van der Waals surface area contributed by atoms with E-state index in [0.717, 1.165) is 16.8 Å². The molecule has 0 saturated heterocycles. The molecular weight excluding hydrogens is 468 g/mol. The molecule has 6 heteroatoms. The summed E-state index contributed by atoms with van der Waals surface area (Å²) in [5, 5.41) is 11.0. The van der Waals surface area contributed by atoms with Crippen LogP contribution in [-0.2, 0) is 19.6 Å². The van der Waals surface area contributed by atoms with Crippen molar-refractivity contribution in [3.63, 3.8) is 0 Å². The first-order valence-corrected chi connectivity index (χ1v) is 11.6. The van der Waals surface area contributed by atoms with Crippen molar-refractivity contribution >= 4 is 29.8 Å². The van der Waals surface area contributed by atoms with Crippen molar-refractivity contribution in [1.82, 2.24) is 5.32 Å². The maximum absolute atomic E-state index is 12.8. The second-order valence-electron chi connectivity index (χ2n) is 8.64. The zero-order valence-corrected chi connectivity index (χ0v) is 21.1. The van der Waals surface area contributed by atoms with Crippen molar-refractivity contribution in [2.24, 2.45) is 5.73 Å². The van der Waals surface area contributed by atoms with E-state index in [-0.39, 0.29) is 24.1 Å². The van der Waals surface area contributed by atoms with E-state index in [1.807, 2.05) is 85.8 Å². The average Bonchev–Trinajstić information content (AvgIpc) is 2.88. The number of nitrogens with one attached hydrogen (secondary N) is 2. The quantitative estimate of drug-likeness (QED) is 0.200. The minimum Gasteiger partial charge on any atom is -0.384 e. The molecule has 0 aliphatic heterocycles. The zero-order valence-electron chi connectivity index (χ0n) is 20.3. The topological polar surface area (TPSA) is 82.2 Å². The average molecular weight is 499 g/mol. The number of hydrogen-bond donors (Lipinski definition) is 3. The van der Waals surface area contributed by atoms with Gasteiger partial charge in [0.25, 0.3) is 5.91 Å². The molecule has 184 valence electrons. The van der Waals surface area contributed by atoms with E-state index < -0.39 is 0 Å². The number of aryl methyl sites for hydroxylation is 1. The van der Waals surface area contributed by atoms with E-state index in [1.54, 1.807) is 0 Å². The van der Waals surface area contributed by atoms with Crippen LogP contribution in [0.4, 0.5) is 5.69 Å². The highest BCUT2D eigenvalue weighted by atomic mass is 35.5. The Hall–Kier alpha value is -4.09. The second kappa shape index (κ2) is 12.6. The highest BCUT2D eigenvalue weighted by molar-refractivity contribution is 5.96. The standard InChI is InChI=1S/C30H30N4O.ClH/c1-22-9-8-14-26(17-22)30(35)33-19-27-16-15-25(29(31)32)18-28(27)34(20-23-10-4-2-5-11-23)21-24-12-6-3-7-13-24;/h2-18H,19-21H2,1H3,(H3,31,32)(H,33,35);1H. The second-order valence-corrected chi connectivity index (χ2v) is 8.64. The van der Waals surface area contributed by atoms with E-state index in [2.05, 4.69) is 34.5 Å². The molecule has 0 aromatic heterocycles. The van der Waals surface area contributed by atoms with Gasteiger partial charge in [0.2, 0.25) is 0 Å². The van der Waals surface area contributed by atoms with Crippen LogP contribution >= 0.6 is 12.4 Å². The molecule has 0 atom stereocenters. The van der Waals surface area contributed by atoms with Gasteiger partial charge in [0.15, 0.2) is 0 Å². The van der Waals surface area contributed by atoms with E-state index >= 15 is 0 Å². The van der Waals surface area contributed by atoms with Crippen molar-refractivity contribution in [3.8, 4) is 0 Å². The van der Waals surface area contributed by atoms with Crippen LogP contribution < -0.4 is 16.0 Å². The number of hydrogen-bond acceptors (Lipinski definition) is 3. The molecule has 0 saturated carbocycles. The van der Waals surface area contributed by atoms with Crippen LogP contribution in [-0.4, -0.2) is 11.7 Å². The summed E-state index contributed by atoms with van der Waals surface area (Å²) in [5.74, 6) is -0.103. The monoisotopic (exact) mass is 498 g/mol. The molecule has 4 aromatic rings. The first-order valence-electron chi connectivity index (χ1n) is 11.6. The maximum Gasteiger partial charge on any atom is 0.251 e. The fraction of sp³-hybridized carbons (Fsp3) is 0.133. The van der Waals surface area contributed by atoms with Gasteiger partial charge < -0.3 is 16.0 Å². The van der Waals surface area contributed by atoms with Gasteiger partial charge in [-0.1, -0.05) is 90.5 Å². The Morgan fingerprint density at radius 3 is 1.97 bits per heavy atom. The van der Waals surface area contributed by atoms with Crippen LogP contribution in [0.5, 0.6) is 0 Å². The largest absolute Gasteiger partial charge is 0.384 e. The van der Waals surface area contributed by atoms with Gasteiger partial charge >= 0.3 is 0 Å². The zero-order chi connectivity index (χ0) is 24.6. The third-order valence-electron chi connectivity index (χ3n) is 5.89. The molecular formula is C30H31ClN4O. The number of halogens is 1. The van der Waals surface area contributed by atoms with Crippen molar-refractivity contribution < 1.29 is 4.79 Å². The fourth-order valence-electron chi connectivity index (χ4n) is 4.07. The van der Waals surface area contributed by atoms with Gasteiger partial charge in [-0.3, -0.25) is 10.2 Å². The molecule has 0 aliphatic rings. The summed E-state index contributed by atoms with van der Waals surface area (Å²) in [4.78, 5) is 15.1. The lowest BCUT2D eigenvalue weighted by Gasteiger charge is -2.28. The van der Waals surface area contributed by atoms with Gasteiger partial charge in [-0.15, -0.1) is 12.4 Å². The molecule has 0 fully saturated rings. The molecule has 36 heavy (non-hydrogen) atoms. The van der Waals surface area contributed by atoms with E-state index in [9.17, 15) is 4.79 Å². The third kappa shape index (κ3) is 6.96. The SMILES string of the molecule is Cc1cccc(C(=O)NCc2ccc(C(=N)N)cc2N(Cc2ccccc2)Cc2ccccc2)c1.Cl. The first-order chi connectivity index (χ1) is 17.0. The molecule has 0 radical (unpaired) electrons. The van der Waals surface area contributed by atoms with Crippen LogP contribution in [0.25, 0.3) is 0 Å². The molecule has 0 spiro atoms. The summed E-state index contributed by atoms with van der Waals surface area (Å²) < 4.78 is 0. The van der Waals surface area contributed by atoms with Crippen molar-refractivity contribution in [3.05, 3.63) is 137 Å². The number of carbonyl (C=O) groups excluding carboxylic acids is 1. The van der Waals surface area contributed by atoms with Crippen LogP contribution in [0.1, 0.15) is 38.2 Å². The van der Waals surface area contributed by atoms with Crippen LogP contribution in [0.3, 0.4) is 0 Å². The number of anilines is 1. The summed E-state index contributed by atoms with van der Waals surface area (Å²) in [6.07, 6.45) is 0. The molecule has 0 heterocycles. The molecule has 0 bridgehead atoms. The Kier molecular flexibility index (Phi) is 9.25. The van der Waals surface area contributed by atoms with Crippen molar-refractivity contribution in [2.45, 2.75) is 26.6 Å². The van der Waals surface area contributed by atoms with Crippen molar-refractivity contribution in [2.75, 3.05) is 4.90 Å². The number of benzene rings is 4. The van der Waals surface area contributed by atoms with Crippen molar-refractivity contribution in [1.29, 1.82) is 5.41 Å². The van der Waals surface area contributed by atoms with Gasteiger partial charge in [0.05, 0.1) is 0 Å². The van der Waals surface area contributed by atoms with E-state index in [4.69, 9.17) is 11.1 Å². The number of amidine groups is 1. The van der Waals surface area contributed by atoms with Gasteiger partial charge in [-0.2, -0.15) is 0 Å². The normalized spacial score (nSPS) is 10.2. The molecule has 0 aliphatic carbocycles.